The Hall–Kier alpha value is -1.92. The second kappa shape index (κ2) is 7.37. The average Bonchev–Trinajstić information content (AvgIpc) is 2.96. The van der Waals surface area contributed by atoms with E-state index in [1.807, 2.05) is 30.7 Å². The number of amides is 1. The van der Waals surface area contributed by atoms with Crippen LogP contribution in [0.2, 0.25) is 0 Å². The number of carbonyl (C=O) groups is 1. The summed E-state index contributed by atoms with van der Waals surface area (Å²) in [5, 5.41) is 12.0. The van der Waals surface area contributed by atoms with Gasteiger partial charge in [0, 0.05) is 49.2 Å². The molecule has 1 amide bonds. The lowest BCUT2D eigenvalue weighted by Gasteiger charge is -2.29. The summed E-state index contributed by atoms with van der Waals surface area (Å²) in [5.41, 5.74) is 2.66. The Labute approximate surface area is 154 Å². The van der Waals surface area contributed by atoms with Crippen molar-refractivity contribution in [2.75, 3.05) is 19.6 Å². The van der Waals surface area contributed by atoms with Crippen LogP contribution in [0.3, 0.4) is 0 Å². The largest absolute Gasteiger partial charge is 0.373 e. The number of nitrogens with one attached hydrogen (secondary N) is 2. The van der Waals surface area contributed by atoms with Crippen LogP contribution in [0, 0.1) is 12.8 Å². The minimum absolute atomic E-state index is 0.0376. The second-order valence-electron chi connectivity index (χ2n) is 7.76. The fraction of sp³-hybridized carbons (Fsp3) is 0.600. The van der Waals surface area contributed by atoms with Gasteiger partial charge in [0.15, 0.2) is 0 Å². The molecule has 2 fully saturated rings. The fourth-order valence-corrected chi connectivity index (χ4v) is 3.58. The van der Waals surface area contributed by atoms with E-state index >= 15 is 0 Å². The molecule has 1 aromatic carbocycles. The lowest BCUT2D eigenvalue weighted by Crippen LogP contribution is -2.44. The van der Waals surface area contributed by atoms with E-state index in [0.717, 1.165) is 54.5 Å². The Kier molecular flexibility index (Phi) is 4.96. The van der Waals surface area contributed by atoms with Crippen molar-refractivity contribution in [1.82, 2.24) is 20.4 Å². The van der Waals surface area contributed by atoms with Gasteiger partial charge in [0.25, 0.3) is 5.91 Å². The Balaban J connectivity index is 1.41. The smallest absolute Gasteiger partial charge is 0.251 e. The van der Waals surface area contributed by atoms with Crippen molar-refractivity contribution in [3.63, 3.8) is 0 Å². The quantitative estimate of drug-likeness (QED) is 0.798. The fourth-order valence-electron chi connectivity index (χ4n) is 3.58. The van der Waals surface area contributed by atoms with Crippen molar-refractivity contribution < 1.29 is 9.53 Å². The van der Waals surface area contributed by atoms with E-state index in [-0.39, 0.29) is 12.0 Å². The monoisotopic (exact) mass is 356 g/mol. The zero-order chi connectivity index (χ0) is 18.1. The third-order valence-electron chi connectivity index (χ3n) is 5.59. The maximum Gasteiger partial charge on any atom is 0.251 e. The van der Waals surface area contributed by atoms with E-state index < -0.39 is 0 Å². The van der Waals surface area contributed by atoms with Crippen LogP contribution < -0.4 is 10.6 Å². The molecule has 0 spiro atoms. The van der Waals surface area contributed by atoms with E-state index in [1.54, 1.807) is 0 Å². The molecule has 0 radical (unpaired) electrons. The third kappa shape index (κ3) is 3.62. The number of hydrogen-bond donors (Lipinski definition) is 2. The van der Waals surface area contributed by atoms with Gasteiger partial charge in [0.1, 0.15) is 0 Å². The lowest BCUT2D eigenvalue weighted by atomic mass is 9.96. The van der Waals surface area contributed by atoms with Gasteiger partial charge in [0.05, 0.1) is 17.7 Å². The molecule has 1 saturated heterocycles. The standard InChI is InChI=1S/C20H28N4O2/c1-13(26-16-4-3-5-16)8-22-20(25)17-6-7-19-18(14(17)2)12-24(23-19)11-15-9-21-10-15/h6-7,12-13,15-16,21H,3-5,8-11H2,1-2H3,(H,22,25). The molecule has 2 aliphatic rings. The molecule has 140 valence electrons. The van der Waals surface area contributed by atoms with Crippen LogP contribution in [-0.2, 0) is 11.3 Å². The Morgan fingerprint density at radius 3 is 2.88 bits per heavy atom. The molecular formula is C20H28N4O2. The van der Waals surface area contributed by atoms with Crippen LogP contribution in [0.4, 0.5) is 0 Å². The second-order valence-corrected chi connectivity index (χ2v) is 7.76. The van der Waals surface area contributed by atoms with Crippen LogP contribution in [0.25, 0.3) is 10.9 Å². The van der Waals surface area contributed by atoms with Gasteiger partial charge in [-0.15, -0.1) is 0 Å². The van der Waals surface area contributed by atoms with E-state index in [2.05, 4.69) is 21.9 Å². The molecule has 0 bridgehead atoms. The molecule has 2 N–H and O–H groups in total. The average molecular weight is 356 g/mol. The Morgan fingerprint density at radius 2 is 2.23 bits per heavy atom. The third-order valence-corrected chi connectivity index (χ3v) is 5.59. The van der Waals surface area contributed by atoms with Gasteiger partial charge in [-0.2, -0.15) is 5.10 Å². The van der Waals surface area contributed by atoms with Crippen LogP contribution in [-0.4, -0.2) is 47.5 Å². The summed E-state index contributed by atoms with van der Waals surface area (Å²) in [5.74, 6) is 0.619. The number of hydrogen-bond acceptors (Lipinski definition) is 4. The van der Waals surface area contributed by atoms with Gasteiger partial charge in [-0.3, -0.25) is 9.48 Å². The summed E-state index contributed by atoms with van der Waals surface area (Å²) in [6.07, 6.45) is 6.06. The molecule has 2 heterocycles. The van der Waals surface area contributed by atoms with E-state index in [1.165, 1.54) is 6.42 Å². The van der Waals surface area contributed by atoms with E-state index in [9.17, 15) is 4.79 Å². The first kappa shape index (κ1) is 17.5. The molecule has 4 rings (SSSR count). The first-order valence-electron chi connectivity index (χ1n) is 9.71. The molecule has 1 saturated carbocycles. The van der Waals surface area contributed by atoms with Crippen LogP contribution in [0.5, 0.6) is 0 Å². The molecule has 1 aromatic heterocycles. The van der Waals surface area contributed by atoms with Crippen molar-refractivity contribution in [2.45, 2.75) is 51.9 Å². The summed E-state index contributed by atoms with van der Waals surface area (Å²) in [6.45, 7) is 7.61. The Bertz CT molecular complexity index is 792. The summed E-state index contributed by atoms with van der Waals surface area (Å²) in [4.78, 5) is 12.6. The van der Waals surface area contributed by atoms with Crippen LogP contribution in [0.15, 0.2) is 18.3 Å². The molecule has 6 heteroatoms. The predicted octanol–water partition coefficient (Wildman–Crippen LogP) is 2.25. The summed E-state index contributed by atoms with van der Waals surface area (Å²) < 4.78 is 7.91. The number of aryl methyl sites for hydroxylation is 1. The Morgan fingerprint density at radius 1 is 1.42 bits per heavy atom. The van der Waals surface area contributed by atoms with Crippen LogP contribution >= 0.6 is 0 Å². The van der Waals surface area contributed by atoms with E-state index in [4.69, 9.17) is 4.74 Å². The van der Waals surface area contributed by atoms with Crippen molar-refractivity contribution in [3.8, 4) is 0 Å². The molecule has 2 aromatic rings. The number of fused-ring (bicyclic) bond motifs is 1. The predicted molar refractivity (Wildman–Crippen MR) is 101 cm³/mol. The summed E-state index contributed by atoms with van der Waals surface area (Å²) in [7, 11) is 0. The highest BCUT2D eigenvalue weighted by Gasteiger charge is 2.22. The number of carbonyl (C=O) groups excluding carboxylic acids is 1. The molecule has 1 aliphatic heterocycles. The molecule has 6 nitrogen and oxygen atoms in total. The van der Waals surface area contributed by atoms with Crippen molar-refractivity contribution in [1.29, 1.82) is 0 Å². The summed E-state index contributed by atoms with van der Waals surface area (Å²) >= 11 is 0. The topological polar surface area (TPSA) is 68.2 Å². The van der Waals surface area contributed by atoms with Gasteiger partial charge in [-0.05, 0) is 50.8 Å². The number of aromatic nitrogens is 2. The van der Waals surface area contributed by atoms with Crippen LogP contribution in [0.1, 0.15) is 42.1 Å². The minimum atomic E-state index is -0.0376. The zero-order valence-electron chi connectivity index (χ0n) is 15.6. The van der Waals surface area contributed by atoms with Crippen molar-refractivity contribution in [3.05, 3.63) is 29.5 Å². The van der Waals surface area contributed by atoms with Crippen molar-refractivity contribution >= 4 is 16.8 Å². The molecule has 1 aliphatic carbocycles. The SMILES string of the molecule is Cc1c(C(=O)NCC(C)OC2CCC2)ccc2nn(CC3CNC3)cc12. The van der Waals surface area contributed by atoms with Gasteiger partial charge >= 0.3 is 0 Å². The number of ether oxygens (including phenoxy) is 1. The summed E-state index contributed by atoms with van der Waals surface area (Å²) in [6, 6.07) is 3.83. The molecule has 1 atom stereocenters. The first-order valence-corrected chi connectivity index (χ1v) is 9.71. The molecular weight excluding hydrogens is 328 g/mol. The molecule has 26 heavy (non-hydrogen) atoms. The van der Waals surface area contributed by atoms with E-state index in [0.29, 0.717) is 18.6 Å². The van der Waals surface area contributed by atoms with Gasteiger partial charge in [-0.25, -0.2) is 0 Å². The van der Waals surface area contributed by atoms with Gasteiger partial charge in [0.2, 0.25) is 0 Å². The van der Waals surface area contributed by atoms with Gasteiger partial charge < -0.3 is 15.4 Å². The maximum absolute atomic E-state index is 12.6. The molecule has 1 unspecified atom stereocenters. The highest BCUT2D eigenvalue weighted by Crippen LogP contribution is 2.24. The highest BCUT2D eigenvalue weighted by atomic mass is 16.5. The minimum Gasteiger partial charge on any atom is -0.373 e. The lowest BCUT2D eigenvalue weighted by molar-refractivity contribution is -0.0412. The number of rotatable bonds is 7. The van der Waals surface area contributed by atoms with Gasteiger partial charge in [-0.1, -0.05) is 0 Å². The number of nitrogens with zero attached hydrogens (tertiary/aromatic N) is 2. The normalized spacial score (nSPS) is 19.2. The van der Waals surface area contributed by atoms with Crippen molar-refractivity contribution in [2.24, 2.45) is 5.92 Å². The first-order chi connectivity index (χ1) is 12.6. The maximum atomic E-state index is 12.6. The zero-order valence-corrected chi connectivity index (χ0v) is 15.6. The number of benzene rings is 1. The highest BCUT2D eigenvalue weighted by molar-refractivity contribution is 6.00.